The number of nitrogens with zero attached hydrogens (tertiary/aromatic N) is 2. The molecule has 3 N–H and O–H groups in total. The third kappa shape index (κ3) is 2.76. The van der Waals surface area contributed by atoms with Crippen molar-refractivity contribution in [1.82, 2.24) is 9.97 Å². The van der Waals surface area contributed by atoms with E-state index in [9.17, 15) is 0 Å². The molecule has 90 valence electrons. The molecule has 0 amide bonds. The van der Waals surface area contributed by atoms with E-state index in [2.05, 4.69) is 31.2 Å². The molecule has 2 aromatic heterocycles. The number of hydrogen-bond acceptors (Lipinski definition) is 5. The molecule has 0 unspecified atom stereocenters. The summed E-state index contributed by atoms with van der Waals surface area (Å²) in [5.74, 6) is 2.20. The van der Waals surface area contributed by atoms with Crippen molar-refractivity contribution in [1.29, 1.82) is 0 Å². The fraction of sp³-hybridized carbons (Fsp3) is 0.273. The number of nitrogens with two attached hydrogens (primary N) is 1. The SMILES string of the molecule is Cc1nc(CNc2ncc(N)cc2Br)oc1C. The van der Waals surface area contributed by atoms with Crippen LogP contribution in [0, 0.1) is 13.8 Å². The minimum Gasteiger partial charge on any atom is -0.444 e. The van der Waals surface area contributed by atoms with Gasteiger partial charge in [-0.3, -0.25) is 0 Å². The van der Waals surface area contributed by atoms with E-state index in [-0.39, 0.29) is 0 Å². The van der Waals surface area contributed by atoms with Crippen LogP contribution in [0.3, 0.4) is 0 Å². The Morgan fingerprint density at radius 1 is 1.47 bits per heavy atom. The summed E-state index contributed by atoms with van der Waals surface area (Å²) in [5.41, 5.74) is 7.13. The Morgan fingerprint density at radius 3 is 2.82 bits per heavy atom. The third-order valence-electron chi connectivity index (χ3n) is 2.34. The summed E-state index contributed by atoms with van der Waals surface area (Å²) in [5, 5.41) is 3.13. The van der Waals surface area contributed by atoms with E-state index in [1.165, 1.54) is 0 Å². The van der Waals surface area contributed by atoms with Crippen LogP contribution in [-0.4, -0.2) is 9.97 Å². The highest BCUT2D eigenvalue weighted by molar-refractivity contribution is 9.10. The molecule has 0 aliphatic heterocycles. The molecule has 0 aliphatic carbocycles. The number of aromatic nitrogens is 2. The van der Waals surface area contributed by atoms with Crippen molar-refractivity contribution in [2.75, 3.05) is 11.1 Å². The van der Waals surface area contributed by atoms with Crippen molar-refractivity contribution >= 4 is 27.4 Å². The van der Waals surface area contributed by atoms with Gasteiger partial charge in [-0.25, -0.2) is 9.97 Å². The molecule has 0 aromatic carbocycles. The van der Waals surface area contributed by atoms with E-state index in [1.54, 1.807) is 12.3 Å². The minimum atomic E-state index is 0.490. The average Bonchev–Trinajstić information content (AvgIpc) is 2.57. The van der Waals surface area contributed by atoms with Crippen LogP contribution in [0.25, 0.3) is 0 Å². The van der Waals surface area contributed by atoms with Gasteiger partial charge in [-0.1, -0.05) is 0 Å². The largest absolute Gasteiger partial charge is 0.444 e. The molecule has 0 fully saturated rings. The van der Waals surface area contributed by atoms with Crippen molar-refractivity contribution in [2.45, 2.75) is 20.4 Å². The Balaban J connectivity index is 2.07. The Morgan fingerprint density at radius 2 is 2.24 bits per heavy atom. The molecule has 0 spiro atoms. The summed E-state index contributed by atoms with van der Waals surface area (Å²) in [4.78, 5) is 8.45. The number of oxazole rings is 1. The highest BCUT2D eigenvalue weighted by atomic mass is 79.9. The molecule has 2 rings (SSSR count). The van der Waals surface area contributed by atoms with Gasteiger partial charge in [0.1, 0.15) is 11.6 Å². The average molecular weight is 297 g/mol. The predicted molar refractivity (Wildman–Crippen MR) is 69.7 cm³/mol. The first kappa shape index (κ1) is 11.9. The molecule has 2 aromatic rings. The van der Waals surface area contributed by atoms with Crippen molar-refractivity contribution in [3.63, 3.8) is 0 Å². The monoisotopic (exact) mass is 296 g/mol. The third-order valence-corrected chi connectivity index (χ3v) is 2.95. The second kappa shape index (κ2) is 4.75. The number of hydrogen-bond donors (Lipinski definition) is 2. The molecule has 0 saturated carbocycles. The van der Waals surface area contributed by atoms with Crippen molar-refractivity contribution in [2.24, 2.45) is 0 Å². The maximum atomic E-state index is 5.61. The van der Waals surface area contributed by atoms with Gasteiger partial charge in [0.2, 0.25) is 5.89 Å². The van der Waals surface area contributed by atoms with Gasteiger partial charge in [0, 0.05) is 0 Å². The zero-order valence-corrected chi connectivity index (χ0v) is 11.2. The van der Waals surface area contributed by atoms with Gasteiger partial charge in [-0.05, 0) is 35.8 Å². The van der Waals surface area contributed by atoms with Gasteiger partial charge in [-0.15, -0.1) is 0 Å². The number of rotatable bonds is 3. The maximum absolute atomic E-state index is 5.61. The second-order valence-corrected chi connectivity index (χ2v) is 4.56. The van der Waals surface area contributed by atoms with E-state index in [0.29, 0.717) is 23.9 Å². The normalized spacial score (nSPS) is 10.5. The van der Waals surface area contributed by atoms with Crippen LogP contribution >= 0.6 is 15.9 Å². The number of anilines is 2. The van der Waals surface area contributed by atoms with E-state index in [0.717, 1.165) is 15.9 Å². The number of nitrogens with one attached hydrogen (secondary N) is 1. The van der Waals surface area contributed by atoms with Crippen molar-refractivity contribution in [3.05, 3.63) is 34.1 Å². The van der Waals surface area contributed by atoms with Gasteiger partial charge < -0.3 is 15.5 Å². The lowest BCUT2D eigenvalue weighted by atomic mass is 10.4. The molecule has 17 heavy (non-hydrogen) atoms. The van der Waals surface area contributed by atoms with E-state index >= 15 is 0 Å². The summed E-state index contributed by atoms with van der Waals surface area (Å²) >= 11 is 3.38. The van der Waals surface area contributed by atoms with E-state index < -0.39 is 0 Å². The maximum Gasteiger partial charge on any atom is 0.213 e. The highest BCUT2D eigenvalue weighted by Crippen LogP contribution is 2.22. The van der Waals surface area contributed by atoms with Crippen LogP contribution in [0.4, 0.5) is 11.5 Å². The lowest BCUT2D eigenvalue weighted by molar-refractivity contribution is 0.478. The molecule has 0 aliphatic rings. The van der Waals surface area contributed by atoms with E-state index in [1.807, 2.05) is 13.8 Å². The number of halogens is 1. The molecular formula is C11H13BrN4O. The van der Waals surface area contributed by atoms with Crippen molar-refractivity contribution < 1.29 is 4.42 Å². The Bertz CT molecular complexity index is 519. The quantitative estimate of drug-likeness (QED) is 0.910. The topological polar surface area (TPSA) is 77.0 Å². The van der Waals surface area contributed by atoms with Crippen LogP contribution in [0.5, 0.6) is 0 Å². The minimum absolute atomic E-state index is 0.490. The molecule has 5 nitrogen and oxygen atoms in total. The molecule has 0 bridgehead atoms. The number of nitrogen functional groups attached to an aromatic ring is 1. The zero-order valence-electron chi connectivity index (χ0n) is 9.62. The smallest absolute Gasteiger partial charge is 0.213 e. The summed E-state index contributed by atoms with van der Waals surface area (Å²) in [6.07, 6.45) is 1.60. The molecule has 0 radical (unpaired) electrons. The second-order valence-electron chi connectivity index (χ2n) is 3.70. The van der Waals surface area contributed by atoms with Crippen LogP contribution in [0.15, 0.2) is 21.2 Å². The summed E-state index contributed by atoms with van der Waals surface area (Å²) in [7, 11) is 0. The number of pyridine rings is 1. The predicted octanol–water partition coefficient (Wildman–Crippen LogP) is 2.64. The Kier molecular flexibility index (Phi) is 3.33. The van der Waals surface area contributed by atoms with Gasteiger partial charge in [0.15, 0.2) is 0 Å². The molecule has 6 heteroatoms. The van der Waals surface area contributed by atoms with Gasteiger partial charge in [-0.2, -0.15) is 0 Å². The van der Waals surface area contributed by atoms with Crippen LogP contribution in [-0.2, 0) is 6.54 Å². The first-order valence-corrected chi connectivity index (χ1v) is 5.93. The molecule has 0 atom stereocenters. The summed E-state index contributed by atoms with van der Waals surface area (Å²) in [6.45, 7) is 4.30. The van der Waals surface area contributed by atoms with Gasteiger partial charge in [0.25, 0.3) is 0 Å². The first-order valence-electron chi connectivity index (χ1n) is 5.14. The molecule has 0 saturated heterocycles. The van der Waals surface area contributed by atoms with Gasteiger partial charge in [0.05, 0.1) is 28.6 Å². The van der Waals surface area contributed by atoms with Crippen LogP contribution in [0.2, 0.25) is 0 Å². The van der Waals surface area contributed by atoms with Crippen LogP contribution in [0.1, 0.15) is 17.3 Å². The summed E-state index contributed by atoms with van der Waals surface area (Å²) < 4.78 is 6.28. The lowest BCUT2D eigenvalue weighted by Gasteiger charge is -2.05. The van der Waals surface area contributed by atoms with Gasteiger partial charge >= 0.3 is 0 Å². The highest BCUT2D eigenvalue weighted by Gasteiger charge is 2.07. The van der Waals surface area contributed by atoms with Crippen molar-refractivity contribution in [3.8, 4) is 0 Å². The Hall–Kier alpha value is -1.56. The summed E-state index contributed by atoms with van der Waals surface area (Å²) in [6, 6.07) is 1.79. The fourth-order valence-electron chi connectivity index (χ4n) is 1.36. The molecular weight excluding hydrogens is 284 g/mol. The van der Waals surface area contributed by atoms with E-state index in [4.69, 9.17) is 10.2 Å². The Labute approximate surface area is 108 Å². The lowest BCUT2D eigenvalue weighted by Crippen LogP contribution is -2.03. The zero-order chi connectivity index (χ0) is 12.4. The van der Waals surface area contributed by atoms with Crippen LogP contribution < -0.4 is 11.1 Å². The number of aryl methyl sites for hydroxylation is 2. The fourth-order valence-corrected chi connectivity index (χ4v) is 1.86. The molecule has 2 heterocycles. The standard InChI is InChI=1S/C11H13BrN4O/c1-6-7(2)17-10(16-6)5-15-11-9(12)3-8(13)4-14-11/h3-4H,5,13H2,1-2H3,(H,14,15). The first-order chi connectivity index (χ1) is 8.06.